The number of rotatable bonds is 6. The van der Waals surface area contributed by atoms with E-state index in [1.54, 1.807) is 35.7 Å². The van der Waals surface area contributed by atoms with E-state index in [4.69, 9.17) is 0 Å². The maximum atomic E-state index is 13.8. The quantitative estimate of drug-likeness (QED) is 0.660. The van der Waals surface area contributed by atoms with Crippen LogP contribution in [0.2, 0.25) is 0 Å². The number of sulfonamides is 1. The molecule has 1 amide bonds. The van der Waals surface area contributed by atoms with Gasteiger partial charge in [0.2, 0.25) is 10.0 Å². The molecule has 1 aromatic heterocycles. The highest BCUT2D eigenvalue weighted by molar-refractivity contribution is 7.89. The molecule has 0 bridgehead atoms. The van der Waals surface area contributed by atoms with Gasteiger partial charge in [0.05, 0.1) is 4.90 Å². The van der Waals surface area contributed by atoms with Crippen LogP contribution < -0.4 is 10.0 Å². The van der Waals surface area contributed by atoms with Crippen LogP contribution in [0.3, 0.4) is 0 Å². The average Bonchev–Trinajstić information content (AvgIpc) is 3.17. The highest BCUT2D eigenvalue weighted by Gasteiger charge is 2.15. The lowest BCUT2D eigenvalue weighted by molar-refractivity contribution is 0.0946. The Morgan fingerprint density at radius 1 is 1.19 bits per heavy atom. The lowest BCUT2D eigenvalue weighted by atomic mass is 10.2. The summed E-state index contributed by atoms with van der Waals surface area (Å²) in [6.45, 7) is 0.137. The molecule has 1 heterocycles. The van der Waals surface area contributed by atoms with E-state index in [0.717, 1.165) is 0 Å². The summed E-state index contributed by atoms with van der Waals surface area (Å²) in [7, 11) is -2.22. The minimum absolute atomic E-state index is 0.118. The summed E-state index contributed by atoms with van der Waals surface area (Å²) in [5.74, 6) is -0.822. The number of aromatic nitrogens is 1. The average molecular weight is 405 g/mol. The molecule has 0 unspecified atom stereocenters. The predicted octanol–water partition coefficient (Wildman–Crippen LogP) is 2.79. The molecule has 3 aromatic rings. The van der Waals surface area contributed by atoms with Crippen molar-refractivity contribution >= 4 is 27.3 Å². The molecule has 0 aliphatic carbocycles. The molecule has 0 spiro atoms. The molecule has 2 aromatic carbocycles. The van der Waals surface area contributed by atoms with Crippen LogP contribution >= 0.6 is 11.3 Å². The Morgan fingerprint density at radius 2 is 1.96 bits per heavy atom. The number of benzene rings is 2. The number of carbonyl (C=O) groups excluding carboxylic acids is 1. The van der Waals surface area contributed by atoms with Crippen molar-refractivity contribution in [3.8, 4) is 10.6 Å². The lowest BCUT2D eigenvalue weighted by Gasteiger charge is -2.07. The summed E-state index contributed by atoms with van der Waals surface area (Å²) in [5.41, 5.74) is 1.15. The molecular formula is C18H16FN3O3S2. The maximum absolute atomic E-state index is 13.8. The fourth-order valence-electron chi connectivity index (χ4n) is 2.35. The summed E-state index contributed by atoms with van der Waals surface area (Å²) in [6, 6.07) is 12.5. The Balaban J connectivity index is 1.71. The topological polar surface area (TPSA) is 88.2 Å². The minimum atomic E-state index is -3.55. The van der Waals surface area contributed by atoms with Crippen LogP contribution in [-0.4, -0.2) is 26.4 Å². The van der Waals surface area contributed by atoms with Crippen molar-refractivity contribution in [3.63, 3.8) is 0 Å². The molecule has 0 aliphatic heterocycles. The summed E-state index contributed by atoms with van der Waals surface area (Å²) >= 11 is 1.18. The number of thiazole rings is 1. The molecule has 0 atom stereocenters. The largest absolute Gasteiger partial charge is 0.347 e. The fourth-order valence-corrected chi connectivity index (χ4v) is 3.98. The number of amides is 1. The molecular weight excluding hydrogens is 389 g/mol. The number of nitrogens with zero attached hydrogens (tertiary/aromatic N) is 1. The zero-order chi connectivity index (χ0) is 19.4. The Hall–Kier alpha value is -2.62. The molecule has 6 nitrogen and oxygen atoms in total. The van der Waals surface area contributed by atoms with Gasteiger partial charge in [-0.25, -0.2) is 22.5 Å². The van der Waals surface area contributed by atoms with Crippen molar-refractivity contribution < 1.29 is 17.6 Å². The Morgan fingerprint density at radius 3 is 2.70 bits per heavy atom. The van der Waals surface area contributed by atoms with Gasteiger partial charge in [0.25, 0.3) is 5.91 Å². The SMILES string of the molecule is CNS(=O)(=O)c1cccc(CNC(=O)c2csc(-c3ccccc3F)n2)c1. The Bertz CT molecular complexity index is 1080. The van der Waals surface area contributed by atoms with Gasteiger partial charge in [0.1, 0.15) is 16.5 Å². The predicted molar refractivity (Wildman–Crippen MR) is 101 cm³/mol. The standard InChI is InChI=1S/C18H16FN3O3S2/c1-20-27(24,25)13-6-4-5-12(9-13)10-21-17(23)16-11-26-18(22-16)14-7-2-3-8-15(14)19/h2-9,11,20H,10H2,1H3,(H,21,23). The molecule has 0 fully saturated rings. The van der Waals surface area contributed by atoms with Gasteiger partial charge in [0, 0.05) is 17.5 Å². The van der Waals surface area contributed by atoms with E-state index < -0.39 is 21.7 Å². The smallest absolute Gasteiger partial charge is 0.271 e. The van der Waals surface area contributed by atoms with Crippen LogP contribution in [0.15, 0.2) is 58.8 Å². The van der Waals surface area contributed by atoms with Crippen LogP contribution in [0.1, 0.15) is 16.1 Å². The zero-order valence-electron chi connectivity index (χ0n) is 14.3. The van der Waals surface area contributed by atoms with E-state index in [1.165, 1.54) is 36.6 Å². The monoisotopic (exact) mass is 405 g/mol. The van der Waals surface area contributed by atoms with Gasteiger partial charge in [-0.2, -0.15) is 0 Å². The first-order chi connectivity index (χ1) is 12.9. The van der Waals surface area contributed by atoms with Crippen LogP contribution in [0, 0.1) is 5.82 Å². The highest BCUT2D eigenvalue weighted by atomic mass is 32.2. The number of carbonyl (C=O) groups is 1. The van der Waals surface area contributed by atoms with Gasteiger partial charge < -0.3 is 5.32 Å². The van der Waals surface area contributed by atoms with E-state index in [-0.39, 0.29) is 17.1 Å². The third-order valence-electron chi connectivity index (χ3n) is 3.77. The van der Waals surface area contributed by atoms with Crippen molar-refractivity contribution in [3.05, 3.63) is 71.0 Å². The van der Waals surface area contributed by atoms with Crippen LogP contribution in [-0.2, 0) is 16.6 Å². The second-order valence-electron chi connectivity index (χ2n) is 5.56. The number of nitrogens with one attached hydrogen (secondary N) is 2. The van der Waals surface area contributed by atoms with Crippen LogP contribution in [0.25, 0.3) is 10.6 Å². The fraction of sp³-hybridized carbons (Fsp3) is 0.111. The molecule has 140 valence electrons. The third-order valence-corrected chi connectivity index (χ3v) is 6.06. The molecule has 0 saturated heterocycles. The molecule has 27 heavy (non-hydrogen) atoms. The van der Waals surface area contributed by atoms with E-state index >= 15 is 0 Å². The second-order valence-corrected chi connectivity index (χ2v) is 8.30. The molecule has 2 N–H and O–H groups in total. The van der Waals surface area contributed by atoms with E-state index in [1.807, 2.05) is 0 Å². The summed E-state index contributed by atoms with van der Waals surface area (Å²) in [5, 5.41) is 4.66. The normalized spacial score (nSPS) is 11.3. The molecule has 0 aliphatic rings. The number of hydrogen-bond acceptors (Lipinski definition) is 5. The summed E-state index contributed by atoms with van der Waals surface area (Å²) in [4.78, 5) is 16.6. The van der Waals surface area contributed by atoms with E-state index in [9.17, 15) is 17.6 Å². The van der Waals surface area contributed by atoms with Crippen molar-refractivity contribution in [2.24, 2.45) is 0 Å². The van der Waals surface area contributed by atoms with Crippen LogP contribution in [0.5, 0.6) is 0 Å². The zero-order valence-corrected chi connectivity index (χ0v) is 15.9. The molecule has 0 radical (unpaired) electrons. The Kier molecular flexibility index (Phi) is 5.64. The molecule has 9 heteroatoms. The van der Waals surface area contributed by atoms with E-state index in [2.05, 4.69) is 15.0 Å². The molecule has 0 saturated carbocycles. The van der Waals surface area contributed by atoms with Crippen molar-refractivity contribution in [2.75, 3.05) is 7.05 Å². The van der Waals surface area contributed by atoms with Crippen molar-refractivity contribution in [1.29, 1.82) is 0 Å². The number of halogens is 1. The minimum Gasteiger partial charge on any atom is -0.347 e. The van der Waals surface area contributed by atoms with Gasteiger partial charge >= 0.3 is 0 Å². The lowest BCUT2D eigenvalue weighted by Crippen LogP contribution is -2.23. The van der Waals surface area contributed by atoms with Crippen molar-refractivity contribution in [1.82, 2.24) is 15.0 Å². The molecule has 3 rings (SSSR count). The van der Waals surface area contributed by atoms with Gasteiger partial charge in [-0.3, -0.25) is 4.79 Å². The van der Waals surface area contributed by atoms with Gasteiger partial charge in [0.15, 0.2) is 0 Å². The van der Waals surface area contributed by atoms with E-state index in [0.29, 0.717) is 16.1 Å². The number of hydrogen-bond donors (Lipinski definition) is 2. The van der Waals surface area contributed by atoms with Crippen LogP contribution in [0.4, 0.5) is 4.39 Å². The Labute approximate surface area is 160 Å². The third kappa shape index (κ3) is 4.38. The second kappa shape index (κ2) is 7.95. The first-order valence-corrected chi connectivity index (χ1v) is 10.3. The van der Waals surface area contributed by atoms with Gasteiger partial charge in [-0.15, -0.1) is 11.3 Å². The van der Waals surface area contributed by atoms with Gasteiger partial charge in [-0.05, 0) is 36.9 Å². The summed E-state index contributed by atoms with van der Waals surface area (Å²) in [6.07, 6.45) is 0. The van der Waals surface area contributed by atoms with Gasteiger partial charge in [-0.1, -0.05) is 24.3 Å². The summed E-state index contributed by atoms with van der Waals surface area (Å²) < 4.78 is 39.8. The van der Waals surface area contributed by atoms with Crippen molar-refractivity contribution in [2.45, 2.75) is 11.4 Å². The highest BCUT2D eigenvalue weighted by Crippen LogP contribution is 2.26. The first-order valence-electron chi connectivity index (χ1n) is 7.92. The maximum Gasteiger partial charge on any atom is 0.271 e. The first kappa shape index (κ1) is 19.2.